The zero-order valence-corrected chi connectivity index (χ0v) is 16.9. The summed E-state index contributed by atoms with van der Waals surface area (Å²) in [6.07, 6.45) is 5.40. The molecule has 4 heteroatoms. The molecule has 0 bridgehead atoms. The number of rotatable bonds is 6. The number of likely N-dealkylation sites (tertiary alicyclic amines) is 1. The predicted octanol–water partition coefficient (Wildman–Crippen LogP) is 2.82. The normalized spacial score (nSPS) is 27.1. The summed E-state index contributed by atoms with van der Waals surface area (Å²) >= 11 is 0. The van der Waals surface area contributed by atoms with Gasteiger partial charge in [-0.1, -0.05) is 26.8 Å². The van der Waals surface area contributed by atoms with E-state index in [1.165, 1.54) is 38.2 Å². The molecule has 2 atom stereocenters. The van der Waals surface area contributed by atoms with Crippen molar-refractivity contribution in [2.75, 3.05) is 54.4 Å². The third-order valence-corrected chi connectivity index (χ3v) is 5.45. The Bertz CT molecular complexity index is 456. The molecule has 0 saturated carbocycles. The van der Waals surface area contributed by atoms with Gasteiger partial charge in [-0.15, -0.1) is 0 Å². The Morgan fingerprint density at radius 3 is 2.29 bits per heavy atom. The summed E-state index contributed by atoms with van der Waals surface area (Å²) in [5.74, 6) is 1.72. The van der Waals surface area contributed by atoms with Crippen molar-refractivity contribution < 1.29 is 0 Å². The average molecular weight is 335 g/mol. The summed E-state index contributed by atoms with van der Waals surface area (Å²) in [4.78, 5) is 12.3. The van der Waals surface area contributed by atoms with Crippen molar-refractivity contribution in [1.82, 2.24) is 14.7 Å². The number of nitrogens with zero attached hydrogens (tertiary/aromatic N) is 4. The van der Waals surface area contributed by atoms with E-state index in [2.05, 4.69) is 69.7 Å². The standard InChI is InChI=1S/C20H38N4/c1-15(2)19-18(14-16(3)20(21-19)23(6)7)17-8-10-24(11-9-17)13-12-22(4)5/h14-17,20H,8-13H2,1-7H3/t16?,20-/m1/s1. The van der Waals surface area contributed by atoms with Crippen LogP contribution in [-0.4, -0.2) is 80.9 Å². The smallest absolute Gasteiger partial charge is 0.108 e. The van der Waals surface area contributed by atoms with E-state index in [1.807, 2.05) is 0 Å². The Kier molecular flexibility index (Phi) is 7.02. The fourth-order valence-corrected chi connectivity index (χ4v) is 4.01. The fourth-order valence-electron chi connectivity index (χ4n) is 4.01. The first-order valence-electron chi connectivity index (χ1n) is 9.63. The van der Waals surface area contributed by atoms with Crippen LogP contribution >= 0.6 is 0 Å². The molecule has 138 valence electrons. The van der Waals surface area contributed by atoms with E-state index < -0.39 is 0 Å². The van der Waals surface area contributed by atoms with Crippen molar-refractivity contribution >= 4 is 5.71 Å². The largest absolute Gasteiger partial charge is 0.308 e. The molecule has 2 aliphatic rings. The Balaban J connectivity index is 2.03. The van der Waals surface area contributed by atoms with Gasteiger partial charge in [-0.3, -0.25) is 9.89 Å². The first kappa shape index (κ1) is 19.6. The van der Waals surface area contributed by atoms with Crippen molar-refractivity contribution in [3.63, 3.8) is 0 Å². The van der Waals surface area contributed by atoms with Gasteiger partial charge in [0.1, 0.15) is 6.17 Å². The maximum absolute atomic E-state index is 5.15. The van der Waals surface area contributed by atoms with E-state index in [9.17, 15) is 0 Å². The predicted molar refractivity (Wildman–Crippen MR) is 105 cm³/mol. The maximum atomic E-state index is 5.15. The van der Waals surface area contributed by atoms with Crippen LogP contribution in [0.4, 0.5) is 0 Å². The van der Waals surface area contributed by atoms with E-state index in [4.69, 9.17) is 4.99 Å². The second kappa shape index (κ2) is 8.59. The topological polar surface area (TPSA) is 22.1 Å². The van der Waals surface area contributed by atoms with Crippen LogP contribution in [-0.2, 0) is 0 Å². The molecule has 0 aromatic rings. The van der Waals surface area contributed by atoms with Crippen LogP contribution in [0.15, 0.2) is 16.6 Å². The zero-order chi connectivity index (χ0) is 17.9. The molecule has 0 amide bonds. The van der Waals surface area contributed by atoms with Gasteiger partial charge >= 0.3 is 0 Å². The molecule has 2 aliphatic heterocycles. The van der Waals surface area contributed by atoms with Gasteiger partial charge in [0.2, 0.25) is 0 Å². The lowest BCUT2D eigenvalue weighted by Crippen LogP contribution is -2.41. The highest BCUT2D eigenvalue weighted by Gasteiger charge is 2.31. The second-order valence-corrected chi connectivity index (χ2v) is 8.45. The molecule has 0 N–H and O–H groups in total. The van der Waals surface area contributed by atoms with E-state index in [0.29, 0.717) is 23.9 Å². The molecule has 0 radical (unpaired) electrons. The third-order valence-electron chi connectivity index (χ3n) is 5.45. The maximum Gasteiger partial charge on any atom is 0.108 e. The van der Waals surface area contributed by atoms with Crippen LogP contribution in [0.2, 0.25) is 0 Å². The molecule has 0 aromatic heterocycles. The van der Waals surface area contributed by atoms with E-state index in [-0.39, 0.29) is 0 Å². The molecule has 24 heavy (non-hydrogen) atoms. The van der Waals surface area contributed by atoms with Gasteiger partial charge in [-0.05, 0) is 71.5 Å². The Labute approximate surface area is 149 Å². The number of dihydropyridines is 1. The summed E-state index contributed by atoms with van der Waals surface area (Å²) in [5, 5.41) is 0. The number of piperidine rings is 1. The van der Waals surface area contributed by atoms with E-state index in [0.717, 1.165) is 6.54 Å². The van der Waals surface area contributed by atoms with E-state index >= 15 is 0 Å². The second-order valence-electron chi connectivity index (χ2n) is 8.45. The van der Waals surface area contributed by atoms with Crippen molar-refractivity contribution in [3.05, 3.63) is 11.6 Å². The fraction of sp³-hybridized carbons (Fsp3) is 0.850. The molecule has 1 fully saturated rings. The van der Waals surface area contributed by atoms with E-state index in [1.54, 1.807) is 5.57 Å². The zero-order valence-electron chi connectivity index (χ0n) is 16.9. The minimum atomic E-state index is 0.298. The molecule has 0 aliphatic carbocycles. The van der Waals surface area contributed by atoms with Gasteiger partial charge in [0, 0.05) is 24.7 Å². The van der Waals surface area contributed by atoms with Crippen LogP contribution in [0.5, 0.6) is 0 Å². The van der Waals surface area contributed by atoms with Gasteiger partial charge < -0.3 is 9.80 Å². The Hall–Kier alpha value is -0.710. The minimum absolute atomic E-state index is 0.298. The highest BCUT2D eigenvalue weighted by Crippen LogP contribution is 2.33. The van der Waals surface area contributed by atoms with Gasteiger partial charge in [-0.25, -0.2) is 0 Å². The lowest BCUT2D eigenvalue weighted by Gasteiger charge is -2.38. The van der Waals surface area contributed by atoms with Crippen molar-refractivity contribution in [2.24, 2.45) is 22.7 Å². The number of allylic oxidation sites excluding steroid dienone is 1. The van der Waals surface area contributed by atoms with Crippen LogP contribution in [0.3, 0.4) is 0 Å². The summed E-state index contributed by atoms with van der Waals surface area (Å²) in [6, 6.07) is 0. The van der Waals surface area contributed by atoms with Gasteiger partial charge in [0.05, 0.1) is 0 Å². The lowest BCUT2D eigenvalue weighted by molar-refractivity contribution is 0.182. The summed E-state index contributed by atoms with van der Waals surface area (Å²) in [5.41, 5.74) is 2.92. The van der Waals surface area contributed by atoms with Crippen molar-refractivity contribution in [1.29, 1.82) is 0 Å². The van der Waals surface area contributed by atoms with Gasteiger partial charge in [-0.2, -0.15) is 0 Å². The molecule has 2 heterocycles. The van der Waals surface area contributed by atoms with Gasteiger partial charge in [0.15, 0.2) is 0 Å². The highest BCUT2D eigenvalue weighted by molar-refractivity contribution is 6.02. The molecular weight excluding hydrogens is 296 g/mol. The van der Waals surface area contributed by atoms with Crippen molar-refractivity contribution in [3.8, 4) is 0 Å². The number of aliphatic imine (C=N–C) groups is 1. The molecular formula is C20H38N4. The molecule has 1 unspecified atom stereocenters. The average Bonchev–Trinajstić information content (AvgIpc) is 2.52. The molecule has 0 aromatic carbocycles. The van der Waals surface area contributed by atoms with Crippen LogP contribution in [0.25, 0.3) is 0 Å². The van der Waals surface area contributed by atoms with Crippen LogP contribution in [0.1, 0.15) is 33.6 Å². The Morgan fingerprint density at radius 1 is 1.17 bits per heavy atom. The summed E-state index contributed by atoms with van der Waals surface area (Å²) in [7, 11) is 8.61. The SMILES string of the molecule is CC(C)C1=N[C@H](N(C)C)C(C)C=C1C1CCN(CCN(C)C)CC1. The number of hydrogen-bond donors (Lipinski definition) is 0. The number of hydrogen-bond acceptors (Lipinski definition) is 4. The lowest BCUT2D eigenvalue weighted by atomic mass is 9.79. The van der Waals surface area contributed by atoms with Gasteiger partial charge in [0.25, 0.3) is 0 Å². The molecule has 4 nitrogen and oxygen atoms in total. The number of likely N-dealkylation sites (N-methyl/N-ethyl adjacent to an activating group) is 1. The quantitative estimate of drug-likeness (QED) is 0.746. The third kappa shape index (κ3) is 4.90. The molecule has 1 saturated heterocycles. The summed E-state index contributed by atoms with van der Waals surface area (Å²) in [6.45, 7) is 11.7. The minimum Gasteiger partial charge on any atom is -0.308 e. The molecule has 0 spiro atoms. The first-order valence-corrected chi connectivity index (χ1v) is 9.63. The molecule has 2 rings (SSSR count). The summed E-state index contributed by atoms with van der Waals surface area (Å²) < 4.78 is 0. The Morgan fingerprint density at radius 2 is 1.79 bits per heavy atom. The first-order chi connectivity index (χ1) is 11.3. The van der Waals surface area contributed by atoms with Crippen molar-refractivity contribution in [2.45, 2.75) is 39.8 Å². The van der Waals surface area contributed by atoms with Crippen LogP contribution in [0, 0.1) is 17.8 Å². The highest BCUT2D eigenvalue weighted by atomic mass is 15.2. The van der Waals surface area contributed by atoms with Crippen LogP contribution < -0.4 is 0 Å². The monoisotopic (exact) mass is 334 g/mol.